The van der Waals surface area contributed by atoms with E-state index in [2.05, 4.69) is 18.7 Å². The van der Waals surface area contributed by atoms with Gasteiger partial charge >= 0.3 is 0 Å². The van der Waals surface area contributed by atoms with E-state index in [1.165, 1.54) is 43.2 Å². The van der Waals surface area contributed by atoms with Crippen molar-refractivity contribution < 1.29 is 0 Å². The van der Waals surface area contributed by atoms with Gasteiger partial charge in [0.25, 0.3) is 0 Å². The Morgan fingerprint density at radius 2 is 2.06 bits per heavy atom. The van der Waals surface area contributed by atoms with Gasteiger partial charge in [-0.2, -0.15) is 5.26 Å². The summed E-state index contributed by atoms with van der Waals surface area (Å²) in [5.74, 6) is 0.703. The third-order valence-corrected chi connectivity index (χ3v) is 3.67. The predicted molar refractivity (Wildman–Crippen MR) is 70.6 cm³/mol. The monoisotopic (exact) mass is 225 g/mol. The van der Waals surface area contributed by atoms with Crippen LogP contribution < -0.4 is 0 Å². The first-order valence-corrected chi connectivity index (χ1v) is 6.46. The third kappa shape index (κ3) is 3.20. The van der Waals surface area contributed by atoms with Crippen LogP contribution in [0.5, 0.6) is 0 Å². The lowest BCUT2D eigenvalue weighted by Crippen LogP contribution is -2.10. The summed E-state index contributed by atoms with van der Waals surface area (Å²) in [4.78, 5) is 0. The summed E-state index contributed by atoms with van der Waals surface area (Å²) in [5.41, 5.74) is 3.32. The molecule has 2 rings (SSSR count). The van der Waals surface area contributed by atoms with Gasteiger partial charge in [-0.05, 0) is 42.9 Å². The fourth-order valence-corrected chi connectivity index (χ4v) is 2.67. The molecule has 1 fully saturated rings. The Hall–Kier alpha value is -1.55. The summed E-state index contributed by atoms with van der Waals surface area (Å²) >= 11 is 0. The van der Waals surface area contributed by atoms with Crippen molar-refractivity contribution in [3.63, 3.8) is 0 Å². The average Bonchev–Trinajstić information content (AvgIpc) is 2.40. The lowest BCUT2D eigenvalue weighted by atomic mass is 9.82. The highest BCUT2D eigenvalue weighted by Gasteiger charge is 2.16. The van der Waals surface area contributed by atoms with Gasteiger partial charge in [0, 0.05) is 0 Å². The Morgan fingerprint density at radius 3 is 2.76 bits per heavy atom. The molecule has 0 saturated heterocycles. The fraction of sp³-hybridized carbons (Fsp3) is 0.438. The third-order valence-electron chi connectivity index (χ3n) is 3.67. The topological polar surface area (TPSA) is 23.8 Å². The van der Waals surface area contributed by atoms with Crippen LogP contribution in [-0.2, 0) is 6.42 Å². The van der Waals surface area contributed by atoms with Gasteiger partial charge in [-0.1, -0.05) is 43.5 Å². The van der Waals surface area contributed by atoms with Gasteiger partial charge in [0.2, 0.25) is 0 Å². The first-order valence-electron chi connectivity index (χ1n) is 6.46. The Bertz CT molecular complexity index is 433. The molecule has 1 saturated carbocycles. The molecule has 0 radical (unpaired) electrons. The fourth-order valence-electron chi connectivity index (χ4n) is 2.67. The molecule has 0 atom stereocenters. The highest BCUT2D eigenvalue weighted by atomic mass is 14.2. The van der Waals surface area contributed by atoms with Crippen molar-refractivity contribution in [2.75, 3.05) is 0 Å². The Kier molecular flexibility index (Phi) is 3.98. The lowest BCUT2D eigenvalue weighted by Gasteiger charge is -2.23. The first kappa shape index (κ1) is 11.9. The number of hydrogen-bond acceptors (Lipinski definition) is 1. The molecule has 0 aliphatic heterocycles. The maximum absolute atomic E-state index is 8.87. The molecule has 1 aliphatic rings. The van der Waals surface area contributed by atoms with Crippen molar-refractivity contribution in [3.8, 4) is 6.07 Å². The zero-order valence-corrected chi connectivity index (χ0v) is 10.3. The molecule has 1 aliphatic carbocycles. The highest BCUT2D eigenvalue weighted by Crippen LogP contribution is 2.30. The van der Waals surface area contributed by atoms with Crippen molar-refractivity contribution in [1.29, 1.82) is 5.26 Å². The van der Waals surface area contributed by atoms with E-state index in [-0.39, 0.29) is 0 Å². The minimum Gasteiger partial charge on any atom is -0.192 e. The van der Waals surface area contributed by atoms with E-state index < -0.39 is 0 Å². The van der Waals surface area contributed by atoms with Gasteiger partial charge in [0.1, 0.15) is 0 Å². The average molecular weight is 225 g/mol. The lowest BCUT2D eigenvalue weighted by molar-refractivity contribution is 0.399. The van der Waals surface area contributed by atoms with E-state index in [0.29, 0.717) is 5.92 Å². The predicted octanol–water partition coefficient (Wildman–Crippen LogP) is 4.24. The minimum atomic E-state index is 0.703. The Morgan fingerprint density at radius 1 is 1.29 bits per heavy atom. The summed E-state index contributed by atoms with van der Waals surface area (Å²) in [6.07, 6.45) is 7.62. The number of hydrogen-bond donors (Lipinski definition) is 0. The van der Waals surface area contributed by atoms with Crippen LogP contribution in [0.2, 0.25) is 0 Å². The molecule has 0 unspecified atom stereocenters. The smallest absolute Gasteiger partial charge is 0.0991 e. The number of nitrogens with zero attached hydrogens (tertiary/aromatic N) is 1. The van der Waals surface area contributed by atoms with Gasteiger partial charge in [0.15, 0.2) is 0 Å². The van der Waals surface area contributed by atoms with Gasteiger partial charge in [0.05, 0.1) is 11.6 Å². The molecule has 0 bridgehead atoms. The standard InChI is InChI=1S/C16H19N/c1-13(16-8-3-2-4-9-16)10-14-6-5-7-15(11-14)12-17/h5-7,11,16H,1-4,8-10H2. The normalized spacial score (nSPS) is 16.4. The van der Waals surface area contributed by atoms with Gasteiger partial charge in [-0.3, -0.25) is 0 Å². The van der Waals surface area contributed by atoms with Crippen molar-refractivity contribution in [3.05, 3.63) is 47.5 Å². The van der Waals surface area contributed by atoms with E-state index in [1.54, 1.807) is 0 Å². The molecule has 88 valence electrons. The maximum atomic E-state index is 8.87. The molecular formula is C16H19N. The maximum Gasteiger partial charge on any atom is 0.0991 e. The number of allylic oxidation sites excluding steroid dienone is 1. The van der Waals surface area contributed by atoms with Gasteiger partial charge < -0.3 is 0 Å². The highest BCUT2D eigenvalue weighted by molar-refractivity contribution is 5.34. The van der Waals surface area contributed by atoms with E-state index in [9.17, 15) is 0 Å². The summed E-state index contributed by atoms with van der Waals surface area (Å²) < 4.78 is 0. The Balaban J connectivity index is 1.99. The summed E-state index contributed by atoms with van der Waals surface area (Å²) in [7, 11) is 0. The number of benzene rings is 1. The van der Waals surface area contributed by atoms with Crippen LogP contribution in [-0.4, -0.2) is 0 Å². The molecule has 0 N–H and O–H groups in total. The quantitative estimate of drug-likeness (QED) is 0.706. The van der Waals surface area contributed by atoms with E-state index in [0.717, 1.165) is 12.0 Å². The SMILES string of the molecule is C=C(Cc1cccc(C#N)c1)C1CCCCC1. The molecule has 1 aromatic carbocycles. The summed E-state index contributed by atoms with van der Waals surface area (Å²) in [5, 5.41) is 8.87. The molecule has 1 heteroatoms. The molecule has 1 aromatic rings. The molecular weight excluding hydrogens is 206 g/mol. The second kappa shape index (κ2) is 5.68. The number of nitriles is 1. The summed E-state index contributed by atoms with van der Waals surface area (Å²) in [6.45, 7) is 4.25. The van der Waals surface area contributed by atoms with Crippen molar-refractivity contribution in [2.45, 2.75) is 38.5 Å². The molecule has 17 heavy (non-hydrogen) atoms. The van der Waals surface area contributed by atoms with Crippen molar-refractivity contribution in [1.82, 2.24) is 0 Å². The Labute approximate surface area is 104 Å². The molecule has 1 nitrogen and oxygen atoms in total. The zero-order valence-electron chi connectivity index (χ0n) is 10.3. The van der Waals surface area contributed by atoms with Crippen molar-refractivity contribution >= 4 is 0 Å². The van der Waals surface area contributed by atoms with Crippen molar-refractivity contribution in [2.24, 2.45) is 5.92 Å². The molecule has 0 heterocycles. The van der Waals surface area contributed by atoms with Gasteiger partial charge in [-0.15, -0.1) is 0 Å². The zero-order chi connectivity index (χ0) is 12.1. The van der Waals surface area contributed by atoms with Gasteiger partial charge in [-0.25, -0.2) is 0 Å². The van der Waals surface area contributed by atoms with Crippen LogP contribution in [0.4, 0.5) is 0 Å². The van der Waals surface area contributed by atoms with Crippen LogP contribution >= 0.6 is 0 Å². The van der Waals surface area contributed by atoms with Crippen LogP contribution in [0.25, 0.3) is 0 Å². The van der Waals surface area contributed by atoms with Crippen LogP contribution in [0.3, 0.4) is 0 Å². The molecule has 0 amide bonds. The number of rotatable bonds is 3. The van der Waals surface area contributed by atoms with E-state index >= 15 is 0 Å². The second-order valence-electron chi connectivity index (χ2n) is 4.98. The van der Waals surface area contributed by atoms with Crippen LogP contribution in [0.1, 0.15) is 43.2 Å². The minimum absolute atomic E-state index is 0.703. The van der Waals surface area contributed by atoms with Crippen LogP contribution in [0.15, 0.2) is 36.4 Å². The van der Waals surface area contributed by atoms with E-state index in [1.807, 2.05) is 18.2 Å². The second-order valence-corrected chi connectivity index (χ2v) is 4.98. The molecule has 0 spiro atoms. The van der Waals surface area contributed by atoms with Crippen LogP contribution in [0, 0.1) is 17.2 Å². The first-order chi connectivity index (χ1) is 8.29. The molecule has 0 aromatic heterocycles. The largest absolute Gasteiger partial charge is 0.192 e. The van der Waals surface area contributed by atoms with E-state index in [4.69, 9.17) is 5.26 Å². The summed E-state index contributed by atoms with van der Waals surface area (Å²) in [6, 6.07) is 10.1.